The maximum absolute atomic E-state index is 13.0. The Labute approximate surface area is 167 Å². The van der Waals surface area contributed by atoms with Gasteiger partial charge in [0, 0.05) is 31.6 Å². The van der Waals surface area contributed by atoms with Gasteiger partial charge in [0.15, 0.2) is 0 Å². The maximum Gasteiger partial charge on any atom is 0.317 e. The highest BCUT2D eigenvalue weighted by Gasteiger charge is 2.31. The van der Waals surface area contributed by atoms with Gasteiger partial charge in [-0.05, 0) is 57.2 Å². The van der Waals surface area contributed by atoms with Crippen LogP contribution in [0.4, 0.5) is 4.79 Å². The van der Waals surface area contributed by atoms with E-state index in [2.05, 4.69) is 10.2 Å². The lowest BCUT2D eigenvalue weighted by molar-refractivity contribution is -0.137. The zero-order valence-electron chi connectivity index (χ0n) is 16.7. The molecule has 3 rings (SSSR count). The van der Waals surface area contributed by atoms with E-state index in [-0.39, 0.29) is 24.5 Å². The predicted molar refractivity (Wildman–Crippen MR) is 109 cm³/mol. The smallest absolute Gasteiger partial charge is 0.317 e. The van der Waals surface area contributed by atoms with Crippen molar-refractivity contribution in [1.82, 2.24) is 15.1 Å². The number of piperidine rings is 1. The van der Waals surface area contributed by atoms with Crippen molar-refractivity contribution >= 4 is 12.0 Å². The van der Waals surface area contributed by atoms with Crippen molar-refractivity contribution < 1.29 is 14.7 Å². The van der Waals surface area contributed by atoms with Gasteiger partial charge in [0.05, 0.1) is 0 Å². The van der Waals surface area contributed by atoms with E-state index in [1.54, 1.807) is 0 Å². The van der Waals surface area contributed by atoms with Crippen LogP contribution in [0, 0.1) is 0 Å². The van der Waals surface area contributed by atoms with E-state index in [4.69, 9.17) is 5.11 Å². The average Bonchev–Trinajstić information content (AvgIpc) is 3.16. The lowest BCUT2D eigenvalue weighted by Crippen LogP contribution is -2.51. The number of hydrogen-bond acceptors (Lipinski definition) is 3. The summed E-state index contributed by atoms with van der Waals surface area (Å²) in [4.78, 5) is 28.5. The van der Waals surface area contributed by atoms with Gasteiger partial charge in [0.2, 0.25) is 0 Å². The average molecular weight is 388 g/mol. The minimum absolute atomic E-state index is 0.0363. The zero-order valence-corrected chi connectivity index (χ0v) is 16.7. The lowest BCUT2D eigenvalue weighted by atomic mass is 10.0. The summed E-state index contributed by atoms with van der Waals surface area (Å²) in [5.41, 5.74) is 1.12. The van der Waals surface area contributed by atoms with Crippen molar-refractivity contribution in [3.63, 3.8) is 0 Å². The van der Waals surface area contributed by atoms with Gasteiger partial charge in [0.25, 0.3) is 0 Å². The van der Waals surface area contributed by atoms with Crippen LogP contribution in [0.5, 0.6) is 0 Å². The Kier molecular flexibility index (Phi) is 7.71. The molecule has 0 aromatic heterocycles. The molecule has 2 unspecified atom stereocenters. The normalized spacial score (nSPS) is 21.4. The van der Waals surface area contributed by atoms with Gasteiger partial charge in [-0.15, -0.1) is 0 Å². The molecule has 0 saturated carbocycles. The Morgan fingerprint density at radius 1 is 1.07 bits per heavy atom. The van der Waals surface area contributed by atoms with Crippen molar-refractivity contribution in [3.05, 3.63) is 35.9 Å². The van der Waals surface area contributed by atoms with E-state index in [9.17, 15) is 9.59 Å². The number of nitrogens with one attached hydrogen (secondary N) is 1. The van der Waals surface area contributed by atoms with Crippen LogP contribution < -0.4 is 5.32 Å². The Hall–Kier alpha value is -2.08. The Morgan fingerprint density at radius 3 is 2.54 bits per heavy atom. The maximum atomic E-state index is 13.0. The second-order valence-corrected chi connectivity index (χ2v) is 8.12. The molecule has 6 heteroatoms. The molecule has 0 spiro atoms. The summed E-state index contributed by atoms with van der Waals surface area (Å²) in [5.74, 6) is -0.823. The summed E-state index contributed by atoms with van der Waals surface area (Å²) in [6.45, 7) is 4.04. The summed E-state index contributed by atoms with van der Waals surface area (Å²) in [6, 6.07) is 10.0. The molecule has 154 valence electrons. The van der Waals surface area contributed by atoms with Crippen LogP contribution in [0.1, 0.15) is 50.5 Å². The van der Waals surface area contributed by atoms with Crippen molar-refractivity contribution in [2.45, 2.75) is 63.5 Å². The first-order valence-electron chi connectivity index (χ1n) is 10.7. The third-order valence-electron chi connectivity index (χ3n) is 5.91. The van der Waals surface area contributed by atoms with Crippen molar-refractivity contribution in [2.75, 3.05) is 26.2 Å². The summed E-state index contributed by atoms with van der Waals surface area (Å²) >= 11 is 0. The molecule has 0 bridgehead atoms. The number of carboxylic acids is 1. The van der Waals surface area contributed by atoms with E-state index >= 15 is 0 Å². The Morgan fingerprint density at radius 2 is 1.82 bits per heavy atom. The summed E-state index contributed by atoms with van der Waals surface area (Å²) < 4.78 is 0. The summed E-state index contributed by atoms with van der Waals surface area (Å²) in [7, 11) is 0. The zero-order chi connectivity index (χ0) is 19.8. The van der Waals surface area contributed by atoms with Gasteiger partial charge in [-0.25, -0.2) is 4.79 Å². The van der Waals surface area contributed by atoms with E-state index in [1.807, 2.05) is 35.2 Å². The molecule has 2 fully saturated rings. The molecule has 2 aliphatic rings. The molecule has 2 amide bonds. The van der Waals surface area contributed by atoms with Crippen LogP contribution >= 0.6 is 0 Å². The minimum Gasteiger partial charge on any atom is -0.481 e. The number of hydrogen-bond donors (Lipinski definition) is 2. The number of urea groups is 1. The molecule has 2 aliphatic heterocycles. The Balaban J connectivity index is 1.58. The third-order valence-corrected chi connectivity index (χ3v) is 5.91. The molecule has 28 heavy (non-hydrogen) atoms. The quantitative estimate of drug-likeness (QED) is 0.719. The summed E-state index contributed by atoms with van der Waals surface area (Å²) in [5, 5.41) is 12.2. The number of nitrogens with zero attached hydrogens (tertiary/aromatic N) is 2. The minimum atomic E-state index is -0.823. The van der Waals surface area contributed by atoms with Crippen molar-refractivity contribution in [1.29, 1.82) is 0 Å². The standard InChI is InChI=1S/C22H33N3O3/c26-21(27)12-11-19(16-18-8-3-1-4-9-18)23-22(28)25-15-7-10-20(25)17-24-13-5-2-6-14-24/h1,3-4,8-9,19-20H,2,5-7,10-17H2,(H,23,28)(H,26,27). The van der Waals surface area contributed by atoms with Crippen LogP contribution in [0.2, 0.25) is 0 Å². The largest absolute Gasteiger partial charge is 0.481 e. The molecule has 1 aromatic rings. The Bertz CT molecular complexity index is 631. The van der Waals surface area contributed by atoms with Crippen molar-refractivity contribution in [3.8, 4) is 0 Å². The topological polar surface area (TPSA) is 72.9 Å². The van der Waals surface area contributed by atoms with Gasteiger partial charge in [-0.1, -0.05) is 36.8 Å². The van der Waals surface area contributed by atoms with Crippen LogP contribution in [0.15, 0.2) is 30.3 Å². The molecule has 1 aromatic carbocycles. The fourth-order valence-electron chi connectivity index (χ4n) is 4.41. The van der Waals surface area contributed by atoms with Gasteiger partial charge >= 0.3 is 12.0 Å². The second-order valence-electron chi connectivity index (χ2n) is 8.12. The highest BCUT2D eigenvalue weighted by molar-refractivity contribution is 5.75. The molecule has 2 heterocycles. The molecule has 2 saturated heterocycles. The fraction of sp³-hybridized carbons (Fsp3) is 0.636. The van der Waals surface area contributed by atoms with Gasteiger partial charge in [-0.2, -0.15) is 0 Å². The van der Waals surface area contributed by atoms with E-state index in [0.29, 0.717) is 12.8 Å². The molecule has 6 nitrogen and oxygen atoms in total. The molecule has 2 atom stereocenters. The monoisotopic (exact) mass is 387 g/mol. The van der Waals surface area contributed by atoms with Crippen LogP contribution in [0.25, 0.3) is 0 Å². The first kappa shape index (κ1) is 20.6. The van der Waals surface area contributed by atoms with Crippen molar-refractivity contribution in [2.24, 2.45) is 0 Å². The SMILES string of the molecule is O=C(O)CCC(Cc1ccccc1)NC(=O)N1CCCC1CN1CCCCC1. The molecule has 0 radical (unpaired) electrons. The number of rotatable bonds is 8. The van der Waals surface area contributed by atoms with Gasteiger partial charge in [-0.3, -0.25) is 4.79 Å². The molecular formula is C22H33N3O3. The number of carboxylic acid groups (broad SMARTS) is 1. The first-order valence-corrected chi connectivity index (χ1v) is 10.7. The number of benzene rings is 1. The van der Waals surface area contributed by atoms with Gasteiger partial charge < -0.3 is 20.2 Å². The third kappa shape index (κ3) is 6.23. The van der Waals surface area contributed by atoms with Gasteiger partial charge in [0.1, 0.15) is 0 Å². The number of carbonyl (C=O) groups is 2. The van der Waals surface area contributed by atoms with Crippen LogP contribution in [-0.2, 0) is 11.2 Å². The van der Waals surface area contributed by atoms with E-state index in [0.717, 1.165) is 44.6 Å². The number of likely N-dealkylation sites (tertiary alicyclic amines) is 2. The highest BCUT2D eigenvalue weighted by Crippen LogP contribution is 2.21. The van der Waals surface area contributed by atoms with Crippen LogP contribution in [0.3, 0.4) is 0 Å². The number of aliphatic carboxylic acids is 1. The number of amides is 2. The lowest BCUT2D eigenvalue weighted by Gasteiger charge is -2.33. The molecule has 0 aliphatic carbocycles. The first-order chi connectivity index (χ1) is 13.6. The summed E-state index contributed by atoms with van der Waals surface area (Å²) in [6.07, 6.45) is 7.10. The van der Waals surface area contributed by atoms with E-state index in [1.165, 1.54) is 19.3 Å². The number of carbonyl (C=O) groups excluding carboxylic acids is 1. The van der Waals surface area contributed by atoms with Crippen LogP contribution in [-0.4, -0.2) is 65.2 Å². The molecule has 2 N–H and O–H groups in total. The second kappa shape index (κ2) is 10.5. The predicted octanol–water partition coefficient (Wildman–Crippen LogP) is 3.12. The molecular weight excluding hydrogens is 354 g/mol. The fourth-order valence-corrected chi connectivity index (χ4v) is 4.41. The van der Waals surface area contributed by atoms with E-state index < -0.39 is 5.97 Å². The highest BCUT2D eigenvalue weighted by atomic mass is 16.4.